The highest BCUT2D eigenvalue weighted by Gasteiger charge is 2.28. The predicted octanol–water partition coefficient (Wildman–Crippen LogP) is 3.29. The maximum Gasteiger partial charge on any atom is 0.261 e. The van der Waals surface area contributed by atoms with Crippen molar-refractivity contribution in [3.8, 4) is 0 Å². The molecule has 0 aliphatic carbocycles. The summed E-state index contributed by atoms with van der Waals surface area (Å²) in [5.74, 6) is -0.350. The molecule has 4 rings (SSSR count). The minimum absolute atomic E-state index is 0.175. The molecule has 1 N–H and O–H groups in total. The van der Waals surface area contributed by atoms with Crippen molar-refractivity contribution in [2.75, 3.05) is 4.72 Å². The topological polar surface area (TPSA) is 83.6 Å². The van der Waals surface area contributed by atoms with E-state index in [0.29, 0.717) is 5.69 Å². The molecule has 1 saturated heterocycles. The number of benzene rings is 3. The smallest absolute Gasteiger partial charge is 0.261 e. The Morgan fingerprint density at radius 1 is 0.821 bits per heavy atom. The van der Waals surface area contributed by atoms with Gasteiger partial charge in [0.25, 0.3) is 10.0 Å². The van der Waals surface area contributed by atoms with Crippen LogP contribution in [0.1, 0.15) is 18.4 Å². The fourth-order valence-electron chi connectivity index (χ4n) is 3.21. The molecule has 0 bridgehead atoms. The zero-order valence-corrected chi connectivity index (χ0v) is 15.8. The summed E-state index contributed by atoms with van der Waals surface area (Å²) >= 11 is 0. The molecular formula is C21H18N2O4S. The third kappa shape index (κ3) is 3.61. The Morgan fingerprint density at radius 2 is 1.46 bits per heavy atom. The van der Waals surface area contributed by atoms with Crippen molar-refractivity contribution < 1.29 is 18.0 Å². The lowest BCUT2D eigenvalue weighted by molar-refractivity contribution is -0.139. The second-order valence-electron chi connectivity index (χ2n) is 6.69. The van der Waals surface area contributed by atoms with Crippen LogP contribution in [0.4, 0.5) is 5.69 Å². The van der Waals surface area contributed by atoms with Crippen molar-refractivity contribution in [2.45, 2.75) is 24.3 Å². The summed E-state index contributed by atoms with van der Waals surface area (Å²) in [5, 5.41) is 1.82. The minimum Gasteiger partial charge on any atom is -0.280 e. The molecule has 3 aromatic rings. The van der Waals surface area contributed by atoms with Gasteiger partial charge >= 0.3 is 0 Å². The first-order valence-electron chi connectivity index (χ1n) is 8.86. The van der Waals surface area contributed by atoms with E-state index >= 15 is 0 Å². The average molecular weight is 394 g/mol. The maximum atomic E-state index is 12.7. The number of hydrogen-bond donors (Lipinski definition) is 1. The summed E-state index contributed by atoms with van der Waals surface area (Å²) in [6.45, 7) is 0.204. The van der Waals surface area contributed by atoms with Crippen LogP contribution in [-0.2, 0) is 26.2 Å². The summed E-state index contributed by atoms with van der Waals surface area (Å²) in [4.78, 5) is 24.8. The third-order valence-electron chi connectivity index (χ3n) is 4.73. The van der Waals surface area contributed by atoms with E-state index in [0.717, 1.165) is 16.3 Å². The molecular weight excluding hydrogens is 376 g/mol. The Morgan fingerprint density at radius 3 is 2.14 bits per heavy atom. The molecule has 0 saturated carbocycles. The molecule has 28 heavy (non-hydrogen) atoms. The second kappa shape index (κ2) is 7.09. The van der Waals surface area contributed by atoms with Gasteiger partial charge in [0.15, 0.2) is 0 Å². The first-order valence-corrected chi connectivity index (χ1v) is 10.3. The van der Waals surface area contributed by atoms with E-state index in [4.69, 9.17) is 0 Å². The van der Waals surface area contributed by atoms with Crippen molar-refractivity contribution in [3.63, 3.8) is 0 Å². The number of fused-ring (bicyclic) bond motifs is 1. The summed E-state index contributed by atoms with van der Waals surface area (Å²) in [6, 6.07) is 19.2. The molecule has 0 spiro atoms. The van der Waals surface area contributed by atoms with Crippen molar-refractivity contribution in [3.05, 3.63) is 72.3 Å². The van der Waals surface area contributed by atoms with E-state index < -0.39 is 10.0 Å². The van der Waals surface area contributed by atoms with Crippen LogP contribution in [0.3, 0.4) is 0 Å². The van der Waals surface area contributed by atoms with Gasteiger partial charge in [0, 0.05) is 18.5 Å². The van der Waals surface area contributed by atoms with Gasteiger partial charge in [-0.2, -0.15) is 0 Å². The molecule has 1 fully saturated rings. The number of imide groups is 1. The van der Waals surface area contributed by atoms with E-state index in [2.05, 4.69) is 4.72 Å². The minimum atomic E-state index is -3.73. The zero-order valence-electron chi connectivity index (χ0n) is 15.0. The highest BCUT2D eigenvalue weighted by atomic mass is 32.2. The number of sulfonamides is 1. The normalized spacial score (nSPS) is 14.6. The van der Waals surface area contributed by atoms with Gasteiger partial charge in [-0.25, -0.2) is 8.42 Å². The fourth-order valence-corrected chi connectivity index (χ4v) is 4.30. The Labute approximate surface area is 162 Å². The maximum absolute atomic E-state index is 12.7. The molecule has 0 radical (unpaired) electrons. The zero-order chi connectivity index (χ0) is 19.7. The van der Waals surface area contributed by atoms with E-state index in [1.165, 1.54) is 4.90 Å². The Bertz CT molecular complexity index is 1150. The van der Waals surface area contributed by atoms with E-state index in [1.807, 2.05) is 24.3 Å². The summed E-state index contributed by atoms with van der Waals surface area (Å²) in [6.07, 6.45) is 0.505. The van der Waals surface area contributed by atoms with Crippen LogP contribution in [0.25, 0.3) is 10.8 Å². The van der Waals surface area contributed by atoms with Crippen LogP contribution in [0.5, 0.6) is 0 Å². The first kappa shape index (κ1) is 18.2. The fraction of sp³-hybridized carbons (Fsp3) is 0.143. The number of rotatable bonds is 5. The molecule has 142 valence electrons. The van der Waals surface area contributed by atoms with Crippen LogP contribution < -0.4 is 4.72 Å². The molecule has 6 nitrogen and oxygen atoms in total. The van der Waals surface area contributed by atoms with Gasteiger partial charge in [-0.05, 0) is 40.6 Å². The highest BCUT2D eigenvalue weighted by molar-refractivity contribution is 7.92. The SMILES string of the molecule is O=C1CCC(=O)N1Cc1ccc(NS(=O)(=O)c2ccc3ccccc3c2)cc1. The number of likely N-dealkylation sites (tertiary alicyclic amines) is 1. The molecule has 1 aliphatic heterocycles. The van der Waals surface area contributed by atoms with Crippen LogP contribution in [0, 0.1) is 0 Å². The van der Waals surface area contributed by atoms with Crippen molar-refractivity contribution >= 4 is 38.3 Å². The lowest BCUT2D eigenvalue weighted by Crippen LogP contribution is -2.28. The van der Waals surface area contributed by atoms with Gasteiger partial charge < -0.3 is 0 Å². The summed E-state index contributed by atoms with van der Waals surface area (Å²) < 4.78 is 27.9. The predicted molar refractivity (Wildman–Crippen MR) is 106 cm³/mol. The summed E-state index contributed by atoms with van der Waals surface area (Å²) in [7, 11) is -3.73. The lowest BCUT2D eigenvalue weighted by atomic mass is 10.1. The second-order valence-corrected chi connectivity index (χ2v) is 8.37. The van der Waals surface area contributed by atoms with Crippen molar-refractivity contribution in [1.29, 1.82) is 0 Å². The number of carbonyl (C=O) groups excluding carboxylic acids is 2. The van der Waals surface area contributed by atoms with Crippen LogP contribution in [-0.4, -0.2) is 25.1 Å². The molecule has 1 heterocycles. The van der Waals surface area contributed by atoms with Crippen LogP contribution in [0.15, 0.2) is 71.6 Å². The van der Waals surface area contributed by atoms with Crippen molar-refractivity contribution in [1.82, 2.24) is 4.90 Å². The third-order valence-corrected chi connectivity index (χ3v) is 6.11. The van der Waals surface area contributed by atoms with Crippen LogP contribution in [0.2, 0.25) is 0 Å². The molecule has 0 unspecified atom stereocenters. The van der Waals surface area contributed by atoms with Crippen molar-refractivity contribution in [2.24, 2.45) is 0 Å². The molecule has 1 aliphatic rings. The molecule has 0 aromatic heterocycles. The Balaban J connectivity index is 1.51. The first-order chi connectivity index (χ1) is 13.4. The standard InChI is InChI=1S/C21H18N2O4S/c24-20-11-12-21(25)23(20)14-15-5-8-18(9-6-15)22-28(26,27)19-10-7-16-3-1-2-4-17(16)13-19/h1-10,13,22H,11-12,14H2. The van der Waals surface area contributed by atoms with Gasteiger partial charge in [0.1, 0.15) is 0 Å². The van der Waals surface area contributed by atoms with Gasteiger partial charge in [0.2, 0.25) is 11.8 Å². The molecule has 3 aromatic carbocycles. The quantitative estimate of drug-likeness (QED) is 0.673. The number of anilines is 1. The number of amides is 2. The highest BCUT2D eigenvalue weighted by Crippen LogP contribution is 2.22. The number of nitrogens with zero attached hydrogens (tertiary/aromatic N) is 1. The van der Waals surface area contributed by atoms with Crippen LogP contribution >= 0.6 is 0 Å². The monoisotopic (exact) mass is 394 g/mol. The molecule has 2 amide bonds. The van der Waals surface area contributed by atoms with Gasteiger partial charge in [0.05, 0.1) is 11.4 Å². The average Bonchev–Trinajstić information content (AvgIpc) is 3.01. The Kier molecular flexibility index (Phi) is 4.60. The number of hydrogen-bond acceptors (Lipinski definition) is 4. The molecule has 0 atom stereocenters. The van der Waals surface area contributed by atoms with Gasteiger partial charge in [-0.1, -0.05) is 42.5 Å². The Hall–Kier alpha value is -3.19. The lowest BCUT2D eigenvalue weighted by Gasteiger charge is -2.14. The number of nitrogens with one attached hydrogen (secondary N) is 1. The van der Waals surface area contributed by atoms with E-state index in [1.54, 1.807) is 42.5 Å². The number of carbonyl (C=O) groups is 2. The largest absolute Gasteiger partial charge is 0.280 e. The van der Waals surface area contributed by atoms with Gasteiger partial charge in [-0.15, -0.1) is 0 Å². The van der Waals surface area contributed by atoms with E-state index in [9.17, 15) is 18.0 Å². The van der Waals surface area contributed by atoms with E-state index in [-0.39, 0.29) is 36.1 Å². The molecule has 7 heteroatoms. The summed E-state index contributed by atoms with van der Waals surface area (Å²) in [5.41, 5.74) is 1.17. The van der Waals surface area contributed by atoms with Gasteiger partial charge in [-0.3, -0.25) is 19.2 Å².